The van der Waals surface area contributed by atoms with E-state index in [0.717, 1.165) is 12.3 Å². The van der Waals surface area contributed by atoms with Gasteiger partial charge in [0.15, 0.2) is 11.6 Å². The van der Waals surface area contributed by atoms with Gasteiger partial charge in [0.1, 0.15) is 0 Å². The monoisotopic (exact) mass is 370 g/mol. The fourth-order valence-electron chi connectivity index (χ4n) is 2.73. The first-order chi connectivity index (χ1) is 12.2. The summed E-state index contributed by atoms with van der Waals surface area (Å²) < 4.78 is 53.8. The van der Waals surface area contributed by atoms with Crippen LogP contribution in [-0.4, -0.2) is 48.1 Å². The minimum absolute atomic E-state index is 0.0793. The van der Waals surface area contributed by atoms with Crippen LogP contribution in [0.4, 0.5) is 40.7 Å². The Morgan fingerprint density at radius 3 is 2.46 bits per heavy atom. The summed E-state index contributed by atoms with van der Waals surface area (Å²) in [6, 6.07) is 3.92. The minimum Gasteiger partial charge on any atom is -0.381 e. The van der Waals surface area contributed by atoms with Gasteiger partial charge in [-0.2, -0.15) is 18.2 Å². The number of hydrogen-bond donors (Lipinski definition) is 2. The molecule has 0 atom stereocenters. The predicted octanol–water partition coefficient (Wildman–Crippen LogP) is 2.71. The SMILES string of the molecule is CN1CCN(c2ccc(Nc3ncc(F)c(N)n3)cc2C(F)(F)F)CC1. The summed E-state index contributed by atoms with van der Waals surface area (Å²) in [5.74, 6) is -1.26. The third-order valence-electron chi connectivity index (χ3n) is 4.17. The van der Waals surface area contributed by atoms with Crippen LogP contribution in [0.25, 0.3) is 0 Å². The number of benzene rings is 1. The van der Waals surface area contributed by atoms with Crippen molar-refractivity contribution in [3.63, 3.8) is 0 Å². The average molecular weight is 370 g/mol. The molecule has 3 N–H and O–H groups in total. The number of nitrogen functional groups attached to an aromatic ring is 1. The van der Waals surface area contributed by atoms with Crippen molar-refractivity contribution in [2.24, 2.45) is 0 Å². The van der Waals surface area contributed by atoms with Crippen LogP contribution in [-0.2, 0) is 6.18 Å². The lowest BCUT2D eigenvalue weighted by Crippen LogP contribution is -2.45. The van der Waals surface area contributed by atoms with Gasteiger partial charge in [-0.1, -0.05) is 0 Å². The first-order valence-electron chi connectivity index (χ1n) is 7.94. The molecule has 0 bridgehead atoms. The van der Waals surface area contributed by atoms with Gasteiger partial charge < -0.3 is 20.9 Å². The number of aromatic nitrogens is 2. The quantitative estimate of drug-likeness (QED) is 0.810. The Morgan fingerprint density at radius 1 is 1.15 bits per heavy atom. The van der Waals surface area contributed by atoms with E-state index in [9.17, 15) is 17.6 Å². The van der Waals surface area contributed by atoms with E-state index in [1.807, 2.05) is 7.05 Å². The number of nitrogens with zero attached hydrogens (tertiary/aromatic N) is 4. The molecule has 1 saturated heterocycles. The average Bonchev–Trinajstić information content (AvgIpc) is 2.58. The summed E-state index contributed by atoms with van der Waals surface area (Å²) in [4.78, 5) is 11.1. The van der Waals surface area contributed by atoms with Gasteiger partial charge in [0.05, 0.1) is 11.8 Å². The summed E-state index contributed by atoms with van der Waals surface area (Å²) in [5, 5.41) is 2.63. The molecule has 0 unspecified atom stereocenters. The van der Waals surface area contributed by atoms with Gasteiger partial charge in [-0.15, -0.1) is 0 Å². The van der Waals surface area contributed by atoms with E-state index in [-0.39, 0.29) is 23.1 Å². The zero-order chi connectivity index (χ0) is 18.9. The van der Waals surface area contributed by atoms with E-state index in [1.165, 1.54) is 12.1 Å². The number of rotatable bonds is 3. The van der Waals surface area contributed by atoms with Crippen LogP contribution in [0.15, 0.2) is 24.4 Å². The lowest BCUT2D eigenvalue weighted by Gasteiger charge is -2.35. The number of nitrogens with two attached hydrogens (primary N) is 1. The highest BCUT2D eigenvalue weighted by Gasteiger charge is 2.35. The van der Waals surface area contributed by atoms with Gasteiger partial charge in [-0.25, -0.2) is 9.37 Å². The predicted molar refractivity (Wildman–Crippen MR) is 90.8 cm³/mol. The lowest BCUT2D eigenvalue weighted by molar-refractivity contribution is -0.137. The standard InChI is InChI=1S/C16H18F4N6/c1-25-4-6-26(7-5-25)13-3-2-10(8-11(13)16(18,19)20)23-15-22-9-12(17)14(21)24-15/h2-3,8-9H,4-7H2,1H3,(H3,21,22,23,24). The summed E-state index contributed by atoms with van der Waals surface area (Å²) >= 11 is 0. The molecule has 0 saturated carbocycles. The number of halogens is 4. The van der Waals surface area contributed by atoms with Crippen molar-refractivity contribution in [3.8, 4) is 0 Å². The number of piperazine rings is 1. The van der Waals surface area contributed by atoms with Gasteiger partial charge in [0.25, 0.3) is 0 Å². The van der Waals surface area contributed by atoms with Gasteiger partial charge in [-0.3, -0.25) is 0 Å². The second-order valence-corrected chi connectivity index (χ2v) is 6.07. The molecule has 0 radical (unpaired) electrons. The zero-order valence-corrected chi connectivity index (χ0v) is 14.0. The Labute approximate surface area is 147 Å². The van der Waals surface area contributed by atoms with Crippen molar-refractivity contribution in [1.82, 2.24) is 14.9 Å². The van der Waals surface area contributed by atoms with Gasteiger partial charge in [0.2, 0.25) is 5.95 Å². The van der Waals surface area contributed by atoms with Gasteiger partial charge >= 0.3 is 6.18 Å². The summed E-state index contributed by atoms with van der Waals surface area (Å²) in [7, 11) is 1.93. The summed E-state index contributed by atoms with van der Waals surface area (Å²) in [6.45, 7) is 2.42. The van der Waals surface area contributed by atoms with Crippen molar-refractivity contribution in [2.75, 3.05) is 49.2 Å². The van der Waals surface area contributed by atoms with Crippen LogP contribution in [0.2, 0.25) is 0 Å². The number of anilines is 4. The van der Waals surface area contributed by atoms with Gasteiger partial charge in [-0.05, 0) is 25.2 Å². The van der Waals surface area contributed by atoms with E-state index >= 15 is 0 Å². The smallest absolute Gasteiger partial charge is 0.381 e. The number of alkyl halides is 3. The van der Waals surface area contributed by atoms with Crippen molar-refractivity contribution in [2.45, 2.75) is 6.18 Å². The maximum atomic E-state index is 13.6. The Kier molecular flexibility index (Phi) is 4.86. The van der Waals surface area contributed by atoms with Crippen LogP contribution in [0.3, 0.4) is 0 Å². The third kappa shape index (κ3) is 3.96. The van der Waals surface area contributed by atoms with Crippen LogP contribution in [0.5, 0.6) is 0 Å². The van der Waals surface area contributed by atoms with Crippen molar-refractivity contribution in [1.29, 1.82) is 0 Å². The highest BCUT2D eigenvalue weighted by atomic mass is 19.4. The Balaban J connectivity index is 1.90. The first kappa shape index (κ1) is 18.2. The van der Waals surface area contributed by atoms with Crippen LogP contribution in [0.1, 0.15) is 5.56 Å². The molecule has 26 heavy (non-hydrogen) atoms. The summed E-state index contributed by atoms with van der Waals surface area (Å²) in [5.41, 5.74) is 4.88. The second kappa shape index (κ2) is 6.94. The van der Waals surface area contributed by atoms with E-state index in [0.29, 0.717) is 26.2 Å². The highest BCUT2D eigenvalue weighted by molar-refractivity contribution is 5.65. The molecule has 3 rings (SSSR count). The molecule has 1 aliphatic rings. The highest BCUT2D eigenvalue weighted by Crippen LogP contribution is 2.39. The Hall–Kier alpha value is -2.62. The molecule has 0 spiro atoms. The Bertz CT molecular complexity index is 787. The third-order valence-corrected chi connectivity index (χ3v) is 4.17. The van der Waals surface area contributed by atoms with Crippen LogP contribution in [0, 0.1) is 5.82 Å². The van der Waals surface area contributed by atoms with Crippen LogP contribution < -0.4 is 16.0 Å². The number of hydrogen-bond acceptors (Lipinski definition) is 6. The molecule has 0 aliphatic carbocycles. The fourth-order valence-corrected chi connectivity index (χ4v) is 2.73. The van der Waals surface area contributed by atoms with E-state index in [1.54, 1.807) is 4.90 Å². The molecule has 1 aromatic heterocycles. The molecular formula is C16H18F4N6. The molecule has 1 aliphatic heterocycles. The maximum Gasteiger partial charge on any atom is 0.418 e. The van der Waals surface area contributed by atoms with Crippen molar-refractivity contribution in [3.05, 3.63) is 35.8 Å². The molecule has 1 fully saturated rings. The molecule has 0 amide bonds. The molecule has 140 valence electrons. The van der Waals surface area contributed by atoms with Crippen molar-refractivity contribution < 1.29 is 17.6 Å². The topological polar surface area (TPSA) is 70.3 Å². The van der Waals surface area contributed by atoms with Gasteiger partial charge in [0, 0.05) is 37.6 Å². The van der Waals surface area contributed by atoms with E-state index < -0.39 is 17.6 Å². The minimum atomic E-state index is -4.51. The maximum absolute atomic E-state index is 13.6. The van der Waals surface area contributed by atoms with Crippen molar-refractivity contribution >= 4 is 23.1 Å². The first-order valence-corrected chi connectivity index (χ1v) is 7.94. The van der Waals surface area contributed by atoms with E-state index in [2.05, 4.69) is 20.2 Å². The molecule has 1 aromatic carbocycles. The Morgan fingerprint density at radius 2 is 1.85 bits per heavy atom. The normalized spacial score (nSPS) is 16.0. The molecule has 6 nitrogen and oxygen atoms in total. The zero-order valence-electron chi connectivity index (χ0n) is 14.0. The molecule has 10 heteroatoms. The largest absolute Gasteiger partial charge is 0.418 e. The summed E-state index contributed by atoms with van der Waals surface area (Å²) in [6.07, 6.45) is -3.66. The molecule has 2 heterocycles. The number of likely N-dealkylation sites (N-methyl/N-ethyl adjacent to an activating group) is 1. The van der Waals surface area contributed by atoms with Crippen LogP contribution >= 0.6 is 0 Å². The number of nitrogens with one attached hydrogen (secondary N) is 1. The lowest BCUT2D eigenvalue weighted by atomic mass is 10.1. The molecule has 2 aromatic rings. The molecular weight excluding hydrogens is 352 g/mol. The second-order valence-electron chi connectivity index (χ2n) is 6.07. The fraction of sp³-hybridized carbons (Fsp3) is 0.375. The van der Waals surface area contributed by atoms with E-state index in [4.69, 9.17) is 5.73 Å².